The van der Waals surface area contributed by atoms with E-state index >= 15 is 0 Å². The molecule has 0 unspecified atom stereocenters. The number of nitrogens with zero attached hydrogens (tertiary/aromatic N) is 3. The molecule has 0 atom stereocenters. The minimum atomic E-state index is -0.446. The van der Waals surface area contributed by atoms with E-state index in [4.69, 9.17) is 0 Å². The molecule has 0 aliphatic carbocycles. The Balaban J connectivity index is 1.49. The molecule has 0 saturated heterocycles. The molecule has 0 saturated carbocycles. The molecule has 150 valence electrons. The zero-order valence-corrected chi connectivity index (χ0v) is 16.2. The van der Waals surface area contributed by atoms with Gasteiger partial charge in [-0.1, -0.05) is 30.3 Å². The van der Waals surface area contributed by atoms with Crippen LogP contribution in [0, 0.1) is 0 Å². The maximum absolute atomic E-state index is 12.6. The fourth-order valence-electron chi connectivity index (χ4n) is 3.28. The van der Waals surface area contributed by atoms with Gasteiger partial charge in [0.1, 0.15) is 0 Å². The van der Waals surface area contributed by atoms with Crippen LogP contribution in [0.15, 0.2) is 77.9 Å². The SMILES string of the molecule is Cn1nc(CC(=O)NNC(=O)c2ccccc2-n2cccc2)c2ccccc2c1=O. The lowest BCUT2D eigenvalue weighted by Gasteiger charge is -2.12. The lowest BCUT2D eigenvalue weighted by atomic mass is 10.1. The van der Waals surface area contributed by atoms with Crippen molar-refractivity contribution in [2.45, 2.75) is 6.42 Å². The number of carbonyl (C=O) groups is 2. The summed E-state index contributed by atoms with van der Waals surface area (Å²) in [6.45, 7) is 0. The van der Waals surface area contributed by atoms with Gasteiger partial charge in [0.25, 0.3) is 11.5 Å². The van der Waals surface area contributed by atoms with E-state index in [1.54, 1.807) is 36.4 Å². The standard InChI is InChI=1S/C22H19N5O3/c1-26-22(30)16-9-3-2-8-15(16)18(25-26)14-20(28)23-24-21(29)17-10-4-5-11-19(17)27-12-6-7-13-27/h2-13H,14H2,1H3,(H,23,28)(H,24,29). The first-order valence-electron chi connectivity index (χ1n) is 9.31. The van der Waals surface area contributed by atoms with Crippen LogP contribution in [0.2, 0.25) is 0 Å². The zero-order chi connectivity index (χ0) is 21.1. The van der Waals surface area contributed by atoms with Crippen LogP contribution in [0.3, 0.4) is 0 Å². The fraction of sp³-hybridized carbons (Fsp3) is 0.0909. The summed E-state index contributed by atoms with van der Waals surface area (Å²) >= 11 is 0. The molecule has 0 radical (unpaired) electrons. The van der Waals surface area contributed by atoms with Crippen molar-refractivity contribution in [3.63, 3.8) is 0 Å². The average molecular weight is 401 g/mol. The highest BCUT2D eigenvalue weighted by Crippen LogP contribution is 2.15. The van der Waals surface area contributed by atoms with Gasteiger partial charge in [-0.15, -0.1) is 0 Å². The number of hydrogen-bond donors (Lipinski definition) is 2. The summed E-state index contributed by atoms with van der Waals surface area (Å²) in [5, 5.41) is 5.30. The monoisotopic (exact) mass is 401 g/mol. The smallest absolute Gasteiger partial charge is 0.274 e. The second-order valence-corrected chi connectivity index (χ2v) is 6.71. The number of hydrazine groups is 1. The van der Waals surface area contributed by atoms with Gasteiger partial charge in [-0.3, -0.25) is 25.2 Å². The predicted molar refractivity (Wildman–Crippen MR) is 112 cm³/mol. The molecule has 2 heterocycles. The van der Waals surface area contributed by atoms with Crippen LogP contribution in [0.1, 0.15) is 16.1 Å². The minimum Gasteiger partial charge on any atom is -0.323 e. The number of fused-ring (bicyclic) bond motifs is 1. The number of nitrogens with one attached hydrogen (secondary N) is 2. The van der Waals surface area contributed by atoms with E-state index < -0.39 is 11.8 Å². The maximum Gasteiger partial charge on any atom is 0.274 e. The summed E-state index contributed by atoms with van der Waals surface area (Å²) < 4.78 is 3.02. The Labute approximate surface area is 171 Å². The number of para-hydroxylation sites is 1. The second-order valence-electron chi connectivity index (χ2n) is 6.71. The van der Waals surface area contributed by atoms with Crippen molar-refractivity contribution in [3.05, 3.63) is 94.7 Å². The Bertz CT molecular complexity index is 1290. The molecule has 2 amide bonds. The Kier molecular flexibility index (Phi) is 5.13. The van der Waals surface area contributed by atoms with Gasteiger partial charge in [0, 0.05) is 24.8 Å². The summed E-state index contributed by atoms with van der Waals surface area (Å²) in [6.07, 6.45) is 3.58. The van der Waals surface area contributed by atoms with Crippen molar-refractivity contribution in [2.24, 2.45) is 7.05 Å². The predicted octanol–water partition coefficient (Wildman–Crippen LogP) is 1.73. The summed E-state index contributed by atoms with van der Waals surface area (Å²) in [7, 11) is 1.54. The molecule has 0 fully saturated rings. The van der Waals surface area contributed by atoms with Gasteiger partial charge >= 0.3 is 0 Å². The van der Waals surface area contributed by atoms with Crippen molar-refractivity contribution in [3.8, 4) is 5.69 Å². The lowest BCUT2D eigenvalue weighted by molar-refractivity contribution is -0.121. The Morgan fingerprint density at radius 1 is 0.900 bits per heavy atom. The number of aryl methyl sites for hydroxylation is 1. The summed E-state index contributed by atoms with van der Waals surface area (Å²) in [5.41, 5.74) is 6.20. The van der Waals surface area contributed by atoms with E-state index in [1.165, 1.54) is 11.7 Å². The number of amides is 2. The van der Waals surface area contributed by atoms with Gasteiger partial charge in [0.15, 0.2) is 0 Å². The number of rotatable bonds is 4. The molecule has 2 aromatic heterocycles. The molecule has 4 rings (SSSR count). The van der Waals surface area contributed by atoms with Gasteiger partial charge < -0.3 is 4.57 Å². The van der Waals surface area contributed by atoms with Crippen molar-refractivity contribution < 1.29 is 9.59 Å². The van der Waals surface area contributed by atoms with Crippen molar-refractivity contribution in [1.29, 1.82) is 0 Å². The highest BCUT2D eigenvalue weighted by molar-refractivity contribution is 5.99. The molecule has 0 bridgehead atoms. The molecule has 2 aromatic carbocycles. The highest BCUT2D eigenvalue weighted by atomic mass is 16.2. The lowest BCUT2D eigenvalue weighted by Crippen LogP contribution is -2.43. The van der Waals surface area contributed by atoms with Gasteiger partial charge in [-0.05, 0) is 30.3 Å². The van der Waals surface area contributed by atoms with E-state index in [1.807, 2.05) is 41.2 Å². The van der Waals surface area contributed by atoms with Crippen LogP contribution >= 0.6 is 0 Å². The number of hydrogen-bond acceptors (Lipinski definition) is 4. The molecule has 4 aromatic rings. The molecule has 8 heteroatoms. The molecule has 0 spiro atoms. The minimum absolute atomic E-state index is 0.0891. The van der Waals surface area contributed by atoms with Gasteiger partial charge in [0.2, 0.25) is 5.91 Å². The topological polar surface area (TPSA) is 98.0 Å². The quantitative estimate of drug-likeness (QED) is 0.509. The highest BCUT2D eigenvalue weighted by Gasteiger charge is 2.15. The largest absolute Gasteiger partial charge is 0.323 e. The Morgan fingerprint density at radius 3 is 2.33 bits per heavy atom. The van der Waals surface area contributed by atoms with Gasteiger partial charge in [-0.25, -0.2) is 4.68 Å². The van der Waals surface area contributed by atoms with E-state index in [0.29, 0.717) is 27.7 Å². The van der Waals surface area contributed by atoms with Crippen LogP contribution in [0.5, 0.6) is 0 Å². The molecule has 0 aliphatic heterocycles. The number of aromatic nitrogens is 3. The number of carbonyl (C=O) groups excluding carboxylic acids is 2. The van der Waals surface area contributed by atoms with Crippen LogP contribution < -0.4 is 16.4 Å². The van der Waals surface area contributed by atoms with Crippen LogP contribution in [0.25, 0.3) is 16.5 Å². The van der Waals surface area contributed by atoms with Crippen LogP contribution in [0.4, 0.5) is 0 Å². The zero-order valence-electron chi connectivity index (χ0n) is 16.2. The summed E-state index contributed by atoms with van der Waals surface area (Å²) in [6, 6.07) is 17.8. The molecule has 2 N–H and O–H groups in total. The Hall–Kier alpha value is -4.20. The van der Waals surface area contributed by atoms with E-state index in [0.717, 1.165) is 0 Å². The van der Waals surface area contributed by atoms with Crippen molar-refractivity contribution in [2.75, 3.05) is 0 Å². The van der Waals surface area contributed by atoms with E-state index in [2.05, 4.69) is 16.0 Å². The van der Waals surface area contributed by atoms with E-state index in [9.17, 15) is 14.4 Å². The molecular weight excluding hydrogens is 382 g/mol. The summed E-state index contributed by atoms with van der Waals surface area (Å²) in [4.78, 5) is 37.3. The normalized spacial score (nSPS) is 10.7. The first-order chi connectivity index (χ1) is 14.5. The molecule has 30 heavy (non-hydrogen) atoms. The molecule has 0 aliphatic rings. The third kappa shape index (κ3) is 3.70. The van der Waals surface area contributed by atoms with Crippen molar-refractivity contribution in [1.82, 2.24) is 25.2 Å². The van der Waals surface area contributed by atoms with Crippen LogP contribution in [-0.4, -0.2) is 26.2 Å². The third-order valence-corrected chi connectivity index (χ3v) is 4.71. The molecular formula is C22H19N5O3. The van der Waals surface area contributed by atoms with Crippen LogP contribution in [-0.2, 0) is 18.3 Å². The maximum atomic E-state index is 12.6. The van der Waals surface area contributed by atoms with Gasteiger partial charge in [0.05, 0.1) is 28.8 Å². The van der Waals surface area contributed by atoms with E-state index in [-0.39, 0.29) is 12.0 Å². The first-order valence-corrected chi connectivity index (χ1v) is 9.31. The van der Waals surface area contributed by atoms with Crippen molar-refractivity contribution >= 4 is 22.6 Å². The average Bonchev–Trinajstić information content (AvgIpc) is 3.30. The summed E-state index contributed by atoms with van der Waals surface area (Å²) in [5.74, 6) is -0.885. The second kappa shape index (κ2) is 8.04. The molecule has 8 nitrogen and oxygen atoms in total. The first kappa shape index (κ1) is 19.1. The fourth-order valence-corrected chi connectivity index (χ4v) is 3.28. The third-order valence-electron chi connectivity index (χ3n) is 4.71. The number of benzene rings is 2. The Morgan fingerprint density at radius 2 is 1.57 bits per heavy atom. The van der Waals surface area contributed by atoms with Gasteiger partial charge in [-0.2, -0.15) is 5.10 Å².